The monoisotopic (exact) mass is 520 g/mol. The molecule has 9 nitrogen and oxygen atoms in total. The molecule has 4 bridgehead atoms. The van der Waals surface area contributed by atoms with E-state index in [1.807, 2.05) is 30.3 Å². The highest BCUT2D eigenvalue weighted by Crippen LogP contribution is 2.33. The molecular formula is C29H36N4O5. The van der Waals surface area contributed by atoms with Crippen LogP contribution in [0.15, 0.2) is 42.7 Å². The zero-order valence-corrected chi connectivity index (χ0v) is 21.6. The SMILES string of the molecule is O=C1N[C@H]2C[C@@H](C(=O)NC[C@H]3O[C@H](CCOc4cc(-c5ccncc5)ccc41)CC[C@@H]3O)N(C1CCC1)C2. The molecule has 2 saturated heterocycles. The second-order valence-corrected chi connectivity index (χ2v) is 11.0. The van der Waals surface area contributed by atoms with E-state index in [9.17, 15) is 14.7 Å². The van der Waals surface area contributed by atoms with Crippen LogP contribution in [-0.4, -0.2) is 82.9 Å². The van der Waals surface area contributed by atoms with Crippen LogP contribution in [0.1, 0.15) is 55.3 Å². The first kappa shape index (κ1) is 25.3. The number of aliphatic hydroxyl groups is 1. The van der Waals surface area contributed by atoms with Crippen molar-refractivity contribution in [3.63, 3.8) is 0 Å². The number of nitrogens with one attached hydrogen (secondary N) is 2. The van der Waals surface area contributed by atoms with E-state index >= 15 is 0 Å². The molecule has 2 aromatic rings. The standard InChI is InChI=1S/C29H36N4O5/c34-25-7-5-22-10-13-37-26-14-19(18-8-11-30-12-9-18)4-6-23(26)28(35)32-20-15-24(29(36)31-16-27(25)38-22)33(17-20)21-2-1-3-21/h4,6,8-9,11-12,14,20-22,24-25,27,34H,1-3,5,7,10,13,15-17H2,(H,31,36)(H,32,35)/t20-,22-,24-,25-,27+/m0/s1. The Kier molecular flexibility index (Phi) is 7.32. The summed E-state index contributed by atoms with van der Waals surface area (Å²) in [6.07, 6.45) is 8.19. The minimum atomic E-state index is -0.603. The molecule has 0 radical (unpaired) electrons. The summed E-state index contributed by atoms with van der Waals surface area (Å²) in [5.41, 5.74) is 2.42. The topological polar surface area (TPSA) is 113 Å². The van der Waals surface area contributed by atoms with Gasteiger partial charge < -0.3 is 25.2 Å². The Balaban J connectivity index is 1.29. The third kappa shape index (κ3) is 5.28. The van der Waals surface area contributed by atoms with Crippen LogP contribution >= 0.6 is 0 Å². The number of hydrogen-bond acceptors (Lipinski definition) is 7. The summed E-state index contributed by atoms with van der Waals surface area (Å²) in [6, 6.07) is 9.43. The Hall–Kier alpha value is -3.01. The van der Waals surface area contributed by atoms with E-state index in [2.05, 4.69) is 20.5 Å². The Morgan fingerprint density at radius 1 is 1.00 bits per heavy atom. The lowest BCUT2D eigenvalue weighted by Crippen LogP contribution is -2.53. The third-order valence-corrected chi connectivity index (χ3v) is 8.52. The van der Waals surface area contributed by atoms with Crippen molar-refractivity contribution < 1.29 is 24.2 Å². The minimum absolute atomic E-state index is 0.0515. The molecular weight excluding hydrogens is 484 g/mol. The van der Waals surface area contributed by atoms with Gasteiger partial charge in [-0.05, 0) is 67.5 Å². The highest BCUT2D eigenvalue weighted by molar-refractivity contribution is 5.98. The number of carbonyl (C=O) groups is 2. The highest BCUT2D eigenvalue weighted by Gasteiger charge is 2.43. The fraction of sp³-hybridized carbons (Fsp3) is 0.552. The van der Waals surface area contributed by atoms with Crippen LogP contribution in [0.4, 0.5) is 0 Å². The van der Waals surface area contributed by atoms with Crippen LogP contribution in [0.3, 0.4) is 0 Å². The predicted molar refractivity (Wildman–Crippen MR) is 141 cm³/mol. The predicted octanol–water partition coefficient (Wildman–Crippen LogP) is 2.28. The van der Waals surface area contributed by atoms with Gasteiger partial charge >= 0.3 is 0 Å². The molecule has 6 rings (SSSR count). The lowest BCUT2D eigenvalue weighted by molar-refractivity contribution is -0.134. The number of hydrogen-bond donors (Lipinski definition) is 3. The Bertz CT molecular complexity index is 1160. The Morgan fingerprint density at radius 3 is 2.63 bits per heavy atom. The van der Waals surface area contributed by atoms with Crippen LogP contribution in [-0.2, 0) is 9.53 Å². The molecule has 4 heterocycles. The lowest BCUT2D eigenvalue weighted by atomic mass is 9.91. The second kappa shape index (κ2) is 11.0. The van der Waals surface area contributed by atoms with Crippen LogP contribution in [0.5, 0.6) is 5.75 Å². The first-order valence-corrected chi connectivity index (χ1v) is 13.9. The lowest BCUT2D eigenvalue weighted by Gasteiger charge is -2.38. The molecule has 9 heteroatoms. The van der Waals surface area contributed by atoms with Gasteiger partial charge in [-0.15, -0.1) is 0 Å². The van der Waals surface area contributed by atoms with Gasteiger partial charge in [0.2, 0.25) is 5.91 Å². The summed E-state index contributed by atoms with van der Waals surface area (Å²) in [6.45, 7) is 1.30. The summed E-state index contributed by atoms with van der Waals surface area (Å²) >= 11 is 0. The van der Waals surface area contributed by atoms with Gasteiger partial charge in [0, 0.05) is 44.0 Å². The fourth-order valence-corrected chi connectivity index (χ4v) is 6.13. The Morgan fingerprint density at radius 2 is 1.84 bits per heavy atom. The second-order valence-electron chi connectivity index (χ2n) is 11.0. The molecule has 1 saturated carbocycles. The molecule has 4 aliphatic rings. The van der Waals surface area contributed by atoms with Crippen molar-refractivity contribution in [3.8, 4) is 16.9 Å². The van der Waals surface area contributed by atoms with Gasteiger partial charge in [-0.2, -0.15) is 0 Å². The number of pyridine rings is 1. The maximum absolute atomic E-state index is 13.5. The quantitative estimate of drug-likeness (QED) is 0.557. The molecule has 0 unspecified atom stereocenters. The number of aromatic nitrogens is 1. The number of fused-ring (bicyclic) bond motifs is 5. The van der Waals surface area contributed by atoms with Crippen LogP contribution in [0.25, 0.3) is 11.1 Å². The van der Waals surface area contributed by atoms with Crippen molar-refractivity contribution in [2.75, 3.05) is 19.7 Å². The highest BCUT2D eigenvalue weighted by atomic mass is 16.5. The van der Waals surface area contributed by atoms with Gasteiger partial charge in [0.25, 0.3) is 5.91 Å². The van der Waals surface area contributed by atoms with E-state index in [0.717, 1.165) is 30.4 Å². The van der Waals surface area contributed by atoms with Crippen molar-refractivity contribution in [1.82, 2.24) is 20.5 Å². The maximum Gasteiger partial charge on any atom is 0.255 e. The number of ether oxygens (including phenoxy) is 2. The normalized spacial score (nSPS) is 30.9. The van der Waals surface area contributed by atoms with Gasteiger partial charge in [-0.1, -0.05) is 12.5 Å². The van der Waals surface area contributed by atoms with Crippen LogP contribution in [0.2, 0.25) is 0 Å². The molecule has 3 aliphatic heterocycles. The number of benzene rings is 1. The third-order valence-electron chi connectivity index (χ3n) is 8.52. The molecule has 3 fully saturated rings. The van der Waals surface area contributed by atoms with E-state index in [1.165, 1.54) is 6.42 Å². The molecule has 5 atom stereocenters. The van der Waals surface area contributed by atoms with E-state index in [1.54, 1.807) is 12.4 Å². The zero-order chi connectivity index (χ0) is 26.1. The molecule has 2 amide bonds. The number of amides is 2. The van der Waals surface area contributed by atoms with Gasteiger partial charge in [0.05, 0.1) is 30.4 Å². The zero-order valence-electron chi connectivity index (χ0n) is 21.6. The molecule has 1 aromatic heterocycles. The van der Waals surface area contributed by atoms with E-state index in [-0.39, 0.29) is 36.5 Å². The number of nitrogens with zero attached hydrogens (tertiary/aromatic N) is 2. The van der Waals surface area contributed by atoms with Crippen molar-refractivity contribution in [1.29, 1.82) is 0 Å². The van der Waals surface area contributed by atoms with E-state index in [4.69, 9.17) is 9.47 Å². The largest absolute Gasteiger partial charge is 0.493 e. The van der Waals surface area contributed by atoms with Crippen molar-refractivity contribution in [2.45, 2.75) is 81.4 Å². The summed E-state index contributed by atoms with van der Waals surface area (Å²) in [4.78, 5) is 33.2. The maximum atomic E-state index is 13.5. The molecule has 3 N–H and O–H groups in total. The average Bonchev–Trinajstić information content (AvgIpc) is 3.30. The number of aliphatic hydroxyl groups excluding tert-OH is 1. The summed E-state index contributed by atoms with van der Waals surface area (Å²) in [5, 5.41) is 16.8. The number of rotatable bonds is 2. The summed E-state index contributed by atoms with van der Waals surface area (Å²) < 4.78 is 12.4. The first-order chi connectivity index (χ1) is 18.5. The van der Waals surface area contributed by atoms with Crippen LogP contribution in [0, 0.1) is 0 Å². The van der Waals surface area contributed by atoms with Crippen LogP contribution < -0.4 is 15.4 Å². The van der Waals surface area contributed by atoms with Crippen molar-refractivity contribution in [3.05, 3.63) is 48.3 Å². The molecule has 1 aliphatic carbocycles. The average molecular weight is 521 g/mol. The molecule has 38 heavy (non-hydrogen) atoms. The molecule has 0 spiro atoms. The number of carbonyl (C=O) groups excluding carboxylic acids is 2. The summed E-state index contributed by atoms with van der Waals surface area (Å²) in [5.74, 6) is 0.286. The fourth-order valence-electron chi connectivity index (χ4n) is 6.13. The molecule has 202 valence electrons. The molecule has 1 aromatic carbocycles. The van der Waals surface area contributed by atoms with E-state index in [0.29, 0.717) is 49.8 Å². The van der Waals surface area contributed by atoms with Crippen molar-refractivity contribution >= 4 is 11.8 Å². The smallest absolute Gasteiger partial charge is 0.255 e. The van der Waals surface area contributed by atoms with E-state index < -0.39 is 12.2 Å². The van der Waals surface area contributed by atoms with Gasteiger partial charge in [-0.25, -0.2) is 0 Å². The number of likely N-dealkylation sites (tertiary alicyclic amines) is 1. The van der Waals surface area contributed by atoms with Gasteiger partial charge in [-0.3, -0.25) is 19.5 Å². The van der Waals surface area contributed by atoms with Gasteiger partial charge in [0.1, 0.15) is 11.9 Å². The van der Waals surface area contributed by atoms with Crippen molar-refractivity contribution in [2.24, 2.45) is 0 Å². The van der Waals surface area contributed by atoms with Gasteiger partial charge in [0.15, 0.2) is 0 Å². The first-order valence-electron chi connectivity index (χ1n) is 13.9. The minimum Gasteiger partial charge on any atom is -0.493 e. The summed E-state index contributed by atoms with van der Waals surface area (Å²) in [7, 11) is 0. The Labute approximate surface area is 222 Å².